The average molecular weight is 350 g/mol. The van der Waals surface area contributed by atoms with Gasteiger partial charge in [0, 0.05) is 32.0 Å². The number of likely N-dealkylation sites (tertiary alicyclic amines) is 2. The Morgan fingerprint density at radius 3 is 2.58 bits per heavy atom. The SMILES string of the molecule is O=C(O)CC[C@@H]1CCCCN1C(=O)[C@H]1CC(=O)N(CC(F)(F)F)C1. The molecule has 2 atom stereocenters. The molecule has 24 heavy (non-hydrogen) atoms. The topological polar surface area (TPSA) is 77.9 Å². The lowest BCUT2D eigenvalue weighted by molar-refractivity contribution is -0.157. The molecule has 2 heterocycles. The molecule has 0 aliphatic carbocycles. The van der Waals surface area contributed by atoms with Crippen molar-refractivity contribution in [3.8, 4) is 0 Å². The maximum Gasteiger partial charge on any atom is 0.406 e. The van der Waals surface area contributed by atoms with Crippen LogP contribution < -0.4 is 0 Å². The van der Waals surface area contributed by atoms with Crippen LogP contribution in [0.1, 0.15) is 38.5 Å². The van der Waals surface area contributed by atoms with Crippen molar-refractivity contribution in [2.45, 2.75) is 50.7 Å². The van der Waals surface area contributed by atoms with Gasteiger partial charge in [0.25, 0.3) is 0 Å². The predicted molar refractivity (Wildman–Crippen MR) is 77.0 cm³/mol. The molecule has 0 bridgehead atoms. The Morgan fingerprint density at radius 2 is 1.96 bits per heavy atom. The van der Waals surface area contributed by atoms with E-state index in [0.717, 1.165) is 12.8 Å². The molecule has 0 aromatic carbocycles. The van der Waals surface area contributed by atoms with Crippen molar-refractivity contribution >= 4 is 17.8 Å². The van der Waals surface area contributed by atoms with Gasteiger partial charge in [-0.25, -0.2) is 0 Å². The zero-order valence-electron chi connectivity index (χ0n) is 13.2. The monoisotopic (exact) mass is 350 g/mol. The molecule has 0 unspecified atom stereocenters. The molecule has 6 nitrogen and oxygen atoms in total. The van der Waals surface area contributed by atoms with Gasteiger partial charge in [0.1, 0.15) is 6.54 Å². The molecule has 2 amide bonds. The van der Waals surface area contributed by atoms with Crippen LogP contribution in [0.4, 0.5) is 13.2 Å². The zero-order valence-corrected chi connectivity index (χ0v) is 13.2. The lowest BCUT2D eigenvalue weighted by atomic mass is 9.95. The second-order valence-corrected chi connectivity index (χ2v) is 6.40. The van der Waals surface area contributed by atoms with E-state index in [9.17, 15) is 27.6 Å². The predicted octanol–water partition coefficient (Wildman–Crippen LogP) is 1.64. The van der Waals surface area contributed by atoms with Gasteiger partial charge in [-0.05, 0) is 25.7 Å². The second-order valence-electron chi connectivity index (χ2n) is 6.40. The van der Waals surface area contributed by atoms with Gasteiger partial charge in [-0.3, -0.25) is 14.4 Å². The highest BCUT2D eigenvalue weighted by atomic mass is 19.4. The van der Waals surface area contributed by atoms with Gasteiger partial charge >= 0.3 is 12.1 Å². The molecule has 2 rings (SSSR count). The van der Waals surface area contributed by atoms with Crippen molar-refractivity contribution in [1.29, 1.82) is 0 Å². The summed E-state index contributed by atoms with van der Waals surface area (Å²) < 4.78 is 37.4. The number of nitrogens with zero attached hydrogens (tertiary/aromatic N) is 2. The van der Waals surface area contributed by atoms with Crippen LogP contribution in [0.15, 0.2) is 0 Å². The third-order valence-electron chi connectivity index (χ3n) is 4.54. The number of carbonyl (C=O) groups is 3. The third-order valence-corrected chi connectivity index (χ3v) is 4.54. The van der Waals surface area contributed by atoms with Crippen LogP contribution in [0.3, 0.4) is 0 Å². The fourth-order valence-corrected chi connectivity index (χ4v) is 3.42. The molecule has 0 spiro atoms. The lowest BCUT2D eigenvalue weighted by Gasteiger charge is -2.37. The number of carbonyl (C=O) groups excluding carboxylic acids is 2. The smallest absolute Gasteiger partial charge is 0.406 e. The van der Waals surface area contributed by atoms with Crippen LogP contribution in [-0.2, 0) is 14.4 Å². The number of carboxylic acids is 1. The molecule has 0 aromatic rings. The molecule has 9 heteroatoms. The molecule has 2 aliphatic heterocycles. The summed E-state index contributed by atoms with van der Waals surface area (Å²) in [4.78, 5) is 37.3. The highest BCUT2D eigenvalue weighted by Gasteiger charge is 2.42. The van der Waals surface area contributed by atoms with E-state index in [2.05, 4.69) is 0 Å². The number of carboxylic acid groups (broad SMARTS) is 1. The van der Waals surface area contributed by atoms with Crippen molar-refractivity contribution in [2.75, 3.05) is 19.6 Å². The summed E-state index contributed by atoms with van der Waals surface area (Å²) >= 11 is 0. The van der Waals surface area contributed by atoms with Crippen molar-refractivity contribution in [3.05, 3.63) is 0 Å². The van der Waals surface area contributed by atoms with E-state index in [4.69, 9.17) is 5.11 Å². The molecular weight excluding hydrogens is 329 g/mol. The first-order valence-corrected chi connectivity index (χ1v) is 8.04. The number of rotatable bonds is 5. The summed E-state index contributed by atoms with van der Waals surface area (Å²) in [7, 11) is 0. The van der Waals surface area contributed by atoms with Gasteiger partial charge in [-0.2, -0.15) is 13.2 Å². The molecule has 2 fully saturated rings. The second kappa shape index (κ2) is 7.40. The largest absolute Gasteiger partial charge is 0.481 e. The maximum atomic E-state index is 12.6. The van der Waals surface area contributed by atoms with E-state index in [1.54, 1.807) is 4.90 Å². The van der Waals surface area contributed by atoms with Gasteiger partial charge in [-0.15, -0.1) is 0 Å². The van der Waals surface area contributed by atoms with Crippen LogP contribution in [0.25, 0.3) is 0 Å². The molecule has 0 aromatic heterocycles. The highest BCUT2D eigenvalue weighted by molar-refractivity contribution is 5.89. The Morgan fingerprint density at radius 1 is 1.25 bits per heavy atom. The summed E-state index contributed by atoms with van der Waals surface area (Å²) in [6.07, 6.45) is -2.07. The number of halogens is 3. The van der Waals surface area contributed by atoms with Crippen molar-refractivity contribution in [2.24, 2.45) is 5.92 Å². The molecule has 2 aliphatic rings. The number of hydrogen-bond donors (Lipinski definition) is 1. The van der Waals surface area contributed by atoms with E-state index in [1.165, 1.54) is 0 Å². The van der Waals surface area contributed by atoms with Gasteiger partial charge < -0.3 is 14.9 Å². The maximum absolute atomic E-state index is 12.6. The first kappa shape index (κ1) is 18.5. The normalized spacial score (nSPS) is 25.2. The fraction of sp³-hybridized carbons (Fsp3) is 0.800. The van der Waals surface area contributed by atoms with E-state index in [1.807, 2.05) is 0 Å². The molecule has 2 saturated heterocycles. The summed E-state index contributed by atoms with van der Waals surface area (Å²) in [5.41, 5.74) is 0. The van der Waals surface area contributed by atoms with Crippen LogP contribution >= 0.6 is 0 Å². The Hall–Kier alpha value is -1.80. The van der Waals surface area contributed by atoms with Crippen molar-refractivity contribution in [3.63, 3.8) is 0 Å². The number of amides is 2. The van der Waals surface area contributed by atoms with Crippen LogP contribution in [0, 0.1) is 5.92 Å². The minimum atomic E-state index is -4.48. The summed E-state index contributed by atoms with van der Waals surface area (Å²) in [6.45, 7) is -1.09. The van der Waals surface area contributed by atoms with Gasteiger partial charge in [-0.1, -0.05) is 0 Å². The zero-order chi connectivity index (χ0) is 17.9. The van der Waals surface area contributed by atoms with Crippen molar-refractivity contribution in [1.82, 2.24) is 9.80 Å². The first-order chi connectivity index (χ1) is 11.2. The quantitative estimate of drug-likeness (QED) is 0.818. The summed E-state index contributed by atoms with van der Waals surface area (Å²) in [5.74, 6) is -2.71. The van der Waals surface area contributed by atoms with E-state index in [0.29, 0.717) is 24.3 Å². The molecular formula is C15H21F3N2O4. The Balaban J connectivity index is 1.98. The minimum absolute atomic E-state index is 0.0573. The van der Waals surface area contributed by atoms with Crippen molar-refractivity contribution < 1.29 is 32.7 Å². The Bertz CT molecular complexity index is 509. The third kappa shape index (κ3) is 4.85. The Kier molecular flexibility index (Phi) is 5.71. The number of hydrogen-bond acceptors (Lipinski definition) is 3. The molecule has 136 valence electrons. The molecule has 1 N–H and O–H groups in total. The molecule has 0 radical (unpaired) electrons. The van der Waals surface area contributed by atoms with Gasteiger partial charge in [0.15, 0.2) is 0 Å². The van der Waals surface area contributed by atoms with Gasteiger partial charge in [0.05, 0.1) is 5.92 Å². The van der Waals surface area contributed by atoms with E-state index in [-0.39, 0.29) is 31.3 Å². The minimum Gasteiger partial charge on any atom is -0.481 e. The van der Waals surface area contributed by atoms with E-state index < -0.39 is 30.5 Å². The summed E-state index contributed by atoms with van der Waals surface area (Å²) in [5, 5.41) is 8.80. The van der Waals surface area contributed by atoms with Crippen LogP contribution in [0.5, 0.6) is 0 Å². The Labute approximate surface area is 137 Å². The highest BCUT2D eigenvalue weighted by Crippen LogP contribution is 2.28. The average Bonchev–Trinajstić information content (AvgIpc) is 2.84. The van der Waals surface area contributed by atoms with Crippen LogP contribution in [0.2, 0.25) is 0 Å². The summed E-state index contributed by atoms with van der Waals surface area (Å²) in [6, 6.07) is -0.214. The van der Waals surface area contributed by atoms with Crippen LogP contribution in [-0.4, -0.2) is 64.5 Å². The fourth-order valence-electron chi connectivity index (χ4n) is 3.42. The first-order valence-electron chi connectivity index (χ1n) is 8.04. The number of alkyl halides is 3. The number of aliphatic carboxylic acids is 1. The number of piperidine rings is 1. The lowest BCUT2D eigenvalue weighted by Crippen LogP contribution is -2.47. The standard InChI is InChI=1S/C15H21F3N2O4/c16-15(17,18)9-19-8-10(7-12(19)21)14(24)20-6-2-1-3-11(20)4-5-13(22)23/h10-11H,1-9H2,(H,22,23)/t10-,11-/m0/s1. The molecule has 0 saturated carbocycles. The van der Waals surface area contributed by atoms with Gasteiger partial charge in [0.2, 0.25) is 11.8 Å². The van der Waals surface area contributed by atoms with E-state index >= 15 is 0 Å².